The van der Waals surface area contributed by atoms with Crippen molar-refractivity contribution in [2.75, 3.05) is 13.7 Å². The minimum Gasteiger partial charge on any atom is -0.394 e. The van der Waals surface area contributed by atoms with Crippen LogP contribution in [0.4, 0.5) is 0 Å². The molecule has 5 nitrogen and oxygen atoms in total. The van der Waals surface area contributed by atoms with Gasteiger partial charge in [0.25, 0.3) is 0 Å². The smallest absolute Gasteiger partial charge is 0.181 e. The summed E-state index contributed by atoms with van der Waals surface area (Å²) in [6, 6.07) is 0. The molecule has 1 fully saturated rings. The third-order valence-electron chi connectivity index (χ3n) is 2.48. The van der Waals surface area contributed by atoms with Gasteiger partial charge in [0.2, 0.25) is 0 Å². The zero-order chi connectivity index (χ0) is 10.0. The van der Waals surface area contributed by atoms with Gasteiger partial charge < -0.3 is 24.8 Å². The first kappa shape index (κ1) is 10.9. The van der Waals surface area contributed by atoms with Crippen molar-refractivity contribution < 1.29 is 24.8 Å². The summed E-state index contributed by atoms with van der Waals surface area (Å²) in [7, 11) is 1.48. The van der Waals surface area contributed by atoms with Crippen LogP contribution >= 0.6 is 0 Å². The van der Waals surface area contributed by atoms with Crippen LogP contribution in [0.3, 0.4) is 0 Å². The molecule has 0 aromatic carbocycles. The van der Waals surface area contributed by atoms with Gasteiger partial charge in [-0.2, -0.15) is 0 Å². The number of hydrogen-bond donors (Lipinski definition) is 3. The average molecular weight is 192 g/mol. The van der Waals surface area contributed by atoms with Crippen molar-refractivity contribution in [2.24, 2.45) is 5.92 Å². The Morgan fingerprint density at radius 3 is 2.46 bits per heavy atom. The Hall–Kier alpha value is -0.200. The molecule has 0 unspecified atom stereocenters. The van der Waals surface area contributed by atoms with Gasteiger partial charge in [0.05, 0.1) is 12.7 Å². The highest BCUT2D eigenvalue weighted by atomic mass is 16.6. The molecule has 0 radical (unpaired) electrons. The maximum Gasteiger partial charge on any atom is 0.181 e. The normalized spacial score (nSPS) is 46.4. The lowest BCUT2D eigenvalue weighted by molar-refractivity contribution is -0.275. The number of hydrogen-bond acceptors (Lipinski definition) is 5. The van der Waals surface area contributed by atoms with E-state index in [1.165, 1.54) is 7.11 Å². The maximum atomic E-state index is 9.42. The van der Waals surface area contributed by atoms with Crippen LogP contribution in [0.15, 0.2) is 0 Å². The average Bonchev–Trinajstić information content (AvgIpc) is 2.13. The van der Waals surface area contributed by atoms with E-state index in [0.29, 0.717) is 0 Å². The molecule has 0 bridgehead atoms. The van der Waals surface area contributed by atoms with Crippen molar-refractivity contribution >= 4 is 0 Å². The third-order valence-corrected chi connectivity index (χ3v) is 2.48. The maximum absolute atomic E-state index is 9.42. The van der Waals surface area contributed by atoms with Crippen LogP contribution in [0.25, 0.3) is 0 Å². The van der Waals surface area contributed by atoms with Gasteiger partial charge in [-0.05, 0) is 0 Å². The zero-order valence-electron chi connectivity index (χ0n) is 7.75. The van der Waals surface area contributed by atoms with Gasteiger partial charge in [-0.15, -0.1) is 0 Å². The fraction of sp³-hybridized carbons (Fsp3) is 1.00. The predicted molar refractivity (Wildman–Crippen MR) is 43.9 cm³/mol. The molecule has 5 atom stereocenters. The van der Waals surface area contributed by atoms with Crippen LogP contribution in [-0.4, -0.2) is 53.6 Å². The van der Waals surface area contributed by atoms with E-state index >= 15 is 0 Å². The van der Waals surface area contributed by atoms with E-state index in [2.05, 4.69) is 0 Å². The van der Waals surface area contributed by atoms with Crippen molar-refractivity contribution in [3.8, 4) is 0 Å². The van der Waals surface area contributed by atoms with Crippen molar-refractivity contribution in [2.45, 2.75) is 31.5 Å². The molecular formula is C8H16O5. The lowest BCUT2D eigenvalue weighted by atomic mass is 9.91. The molecule has 1 heterocycles. The highest BCUT2D eigenvalue weighted by Crippen LogP contribution is 2.26. The summed E-state index contributed by atoms with van der Waals surface area (Å²) in [5, 5.41) is 27.6. The standard InChI is InChI=1S/C8H16O5/c1-4-6(10)8(11)13-5(3-9)7(4)12-2/h4-11H,3H2,1-2H3/t4-,5-,6-,7+,8-/m1/s1. The molecule has 0 aliphatic carbocycles. The molecule has 1 aliphatic heterocycles. The summed E-state index contributed by atoms with van der Waals surface area (Å²) in [6.45, 7) is 1.51. The first-order valence-corrected chi connectivity index (χ1v) is 4.27. The molecule has 3 N–H and O–H groups in total. The lowest BCUT2D eigenvalue weighted by Crippen LogP contribution is -2.54. The topological polar surface area (TPSA) is 79.2 Å². The van der Waals surface area contributed by atoms with Gasteiger partial charge >= 0.3 is 0 Å². The molecule has 0 saturated carbocycles. The molecule has 1 aliphatic rings. The number of methoxy groups -OCH3 is 1. The Kier molecular flexibility index (Phi) is 3.63. The fourth-order valence-electron chi connectivity index (χ4n) is 1.64. The van der Waals surface area contributed by atoms with E-state index in [1.54, 1.807) is 6.92 Å². The van der Waals surface area contributed by atoms with Crippen LogP contribution < -0.4 is 0 Å². The van der Waals surface area contributed by atoms with Gasteiger partial charge in [-0.25, -0.2) is 0 Å². The van der Waals surface area contributed by atoms with Gasteiger partial charge in [-0.1, -0.05) is 6.92 Å². The molecule has 0 aromatic rings. The monoisotopic (exact) mass is 192 g/mol. The van der Waals surface area contributed by atoms with E-state index in [4.69, 9.17) is 14.6 Å². The van der Waals surface area contributed by atoms with Gasteiger partial charge in [0.1, 0.15) is 12.2 Å². The van der Waals surface area contributed by atoms with E-state index in [0.717, 1.165) is 0 Å². The van der Waals surface area contributed by atoms with E-state index in [-0.39, 0.29) is 18.6 Å². The Bertz CT molecular complexity index is 161. The Morgan fingerprint density at radius 1 is 1.38 bits per heavy atom. The van der Waals surface area contributed by atoms with Crippen LogP contribution in [0.2, 0.25) is 0 Å². The molecule has 13 heavy (non-hydrogen) atoms. The number of aliphatic hydroxyl groups excluding tert-OH is 3. The summed E-state index contributed by atoms with van der Waals surface area (Å²) in [5.41, 5.74) is 0. The van der Waals surface area contributed by atoms with Gasteiger partial charge in [0.15, 0.2) is 6.29 Å². The molecule has 5 heteroatoms. The molecule has 0 aromatic heterocycles. The van der Waals surface area contributed by atoms with Crippen molar-refractivity contribution in [1.29, 1.82) is 0 Å². The van der Waals surface area contributed by atoms with Crippen LogP contribution in [-0.2, 0) is 9.47 Å². The Balaban J connectivity index is 2.69. The van der Waals surface area contributed by atoms with Crippen LogP contribution in [0, 0.1) is 5.92 Å². The van der Waals surface area contributed by atoms with E-state index < -0.39 is 18.5 Å². The minimum absolute atomic E-state index is 0.230. The van der Waals surface area contributed by atoms with E-state index in [9.17, 15) is 10.2 Å². The third kappa shape index (κ3) is 2.00. The summed E-state index contributed by atoms with van der Waals surface area (Å²) in [5.74, 6) is -0.258. The minimum atomic E-state index is -1.24. The van der Waals surface area contributed by atoms with E-state index in [1.807, 2.05) is 0 Å². The lowest BCUT2D eigenvalue weighted by Gasteiger charge is -2.40. The van der Waals surface area contributed by atoms with Crippen molar-refractivity contribution in [3.63, 3.8) is 0 Å². The second-order valence-electron chi connectivity index (χ2n) is 3.30. The first-order chi connectivity index (χ1) is 6.11. The second kappa shape index (κ2) is 4.34. The summed E-state index contributed by atoms with van der Waals surface area (Å²) >= 11 is 0. The number of aliphatic hydroxyl groups is 3. The van der Waals surface area contributed by atoms with Gasteiger partial charge in [0, 0.05) is 13.0 Å². The van der Waals surface area contributed by atoms with Gasteiger partial charge in [-0.3, -0.25) is 0 Å². The highest BCUT2D eigenvalue weighted by molar-refractivity contribution is 4.86. The summed E-state index contributed by atoms with van der Waals surface area (Å²) in [4.78, 5) is 0. The molecular weight excluding hydrogens is 176 g/mol. The first-order valence-electron chi connectivity index (χ1n) is 4.27. The van der Waals surface area contributed by atoms with Crippen LogP contribution in [0.1, 0.15) is 6.92 Å². The molecule has 0 spiro atoms. The second-order valence-corrected chi connectivity index (χ2v) is 3.30. The SMILES string of the molecule is CO[C@H]1[C@H](C)[C@@H](O)[C@H](O)O[C@@H]1CO. The van der Waals surface area contributed by atoms with Crippen molar-refractivity contribution in [3.05, 3.63) is 0 Å². The zero-order valence-corrected chi connectivity index (χ0v) is 7.75. The Labute approximate surface area is 76.9 Å². The summed E-state index contributed by atoms with van der Waals surface area (Å²) < 4.78 is 10.0. The Morgan fingerprint density at radius 2 is 2.00 bits per heavy atom. The quantitative estimate of drug-likeness (QED) is 0.507. The predicted octanol–water partition coefficient (Wildman–Crippen LogP) is -1.29. The summed E-state index contributed by atoms with van der Waals surface area (Å²) in [6.07, 6.45) is -3.16. The largest absolute Gasteiger partial charge is 0.394 e. The molecule has 1 rings (SSSR count). The van der Waals surface area contributed by atoms with Crippen LogP contribution in [0.5, 0.6) is 0 Å². The number of rotatable bonds is 2. The number of ether oxygens (including phenoxy) is 2. The molecule has 78 valence electrons. The highest BCUT2D eigenvalue weighted by Gasteiger charge is 2.41. The molecule has 0 amide bonds. The molecule has 1 saturated heterocycles. The fourth-order valence-corrected chi connectivity index (χ4v) is 1.64. The van der Waals surface area contributed by atoms with Crippen molar-refractivity contribution in [1.82, 2.24) is 0 Å².